The van der Waals surface area contributed by atoms with Crippen molar-refractivity contribution in [1.29, 1.82) is 0 Å². The third kappa shape index (κ3) is 3.00. The van der Waals surface area contributed by atoms with Crippen molar-refractivity contribution >= 4 is 28.7 Å². The molecular weight excluding hydrogens is 294 g/mol. The Morgan fingerprint density at radius 3 is 2.48 bits per heavy atom. The Bertz CT molecular complexity index is 711. The highest BCUT2D eigenvalue weighted by molar-refractivity contribution is 6.37. The highest BCUT2D eigenvalue weighted by Crippen LogP contribution is 2.39. The maximum Gasteiger partial charge on any atom is 0.410 e. The summed E-state index contributed by atoms with van der Waals surface area (Å²) in [6.45, 7) is 5.77. The van der Waals surface area contributed by atoms with Gasteiger partial charge in [0.25, 0.3) is 0 Å². The zero-order valence-corrected chi connectivity index (χ0v) is 13.0. The van der Waals surface area contributed by atoms with Gasteiger partial charge in [-0.3, -0.25) is 0 Å². The van der Waals surface area contributed by atoms with Crippen molar-refractivity contribution in [1.82, 2.24) is 9.97 Å². The fourth-order valence-corrected chi connectivity index (χ4v) is 2.16. The van der Waals surface area contributed by atoms with Crippen molar-refractivity contribution in [3.8, 4) is 11.6 Å². The summed E-state index contributed by atoms with van der Waals surface area (Å²) in [5.74, 6) is 0.589. The SMILES string of the molecule is COc1ccc2c(Cl)c(OC(N)=O)c(C(C)(C)C)nc2n1. The van der Waals surface area contributed by atoms with Crippen molar-refractivity contribution in [3.05, 3.63) is 22.8 Å². The number of primary amides is 1. The summed E-state index contributed by atoms with van der Waals surface area (Å²) in [6.07, 6.45) is -0.940. The number of nitrogens with zero attached hydrogens (tertiary/aromatic N) is 2. The Morgan fingerprint density at radius 1 is 1.29 bits per heavy atom. The molecule has 2 heterocycles. The Hall–Kier alpha value is -2.08. The van der Waals surface area contributed by atoms with Gasteiger partial charge in [0, 0.05) is 16.9 Å². The van der Waals surface area contributed by atoms with E-state index in [9.17, 15) is 4.79 Å². The molecule has 0 bridgehead atoms. The number of pyridine rings is 2. The number of carbonyl (C=O) groups is 1. The molecular formula is C14H16ClN3O3. The van der Waals surface area contributed by atoms with Crippen LogP contribution in [0.2, 0.25) is 5.02 Å². The quantitative estimate of drug-likeness (QED) is 0.921. The number of hydrogen-bond acceptors (Lipinski definition) is 5. The minimum Gasteiger partial charge on any atom is -0.481 e. The van der Waals surface area contributed by atoms with Crippen LogP contribution in [-0.4, -0.2) is 23.2 Å². The molecule has 2 aromatic rings. The molecule has 0 fully saturated rings. The molecule has 21 heavy (non-hydrogen) atoms. The molecule has 2 rings (SSSR count). The van der Waals surface area contributed by atoms with E-state index in [-0.39, 0.29) is 10.8 Å². The number of nitrogens with two attached hydrogens (primary N) is 1. The number of aromatic nitrogens is 2. The first-order valence-corrected chi connectivity index (χ1v) is 6.64. The average molecular weight is 310 g/mol. The summed E-state index contributed by atoms with van der Waals surface area (Å²) in [7, 11) is 1.52. The first kappa shape index (κ1) is 15.3. The fraction of sp³-hybridized carbons (Fsp3) is 0.357. The van der Waals surface area contributed by atoms with Gasteiger partial charge in [-0.15, -0.1) is 0 Å². The van der Waals surface area contributed by atoms with Crippen LogP contribution in [0.1, 0.15) is 26.5 Å². The first-order chi connectivity index (χ1) is 9.74. The zero-order valence-electron chi connectivity index (χ0n) is 12.2. The van der Waals surface area contributed by atoms with E-state index in [1.54, 1.807) is 12.1 Å². The number of rotatable bonds is 2. The van der Waals surface area contributed by atoms with Gasteiger partial charge in [-0.1, -0.05) is 32.4 Å². The highest BCUT2D eigenvalue weighted by Gasteiger charge is 2.27. The van der Waals surface area contributed by atoms with Crippen molar-refractivity contribution < 1.29 is 14.3 Å². The Kier molecular flexibility index (Phi) is 3.91. The van der Waals surface area contributed by atoms with Crippen LogP contribution in [0.15, 0.2) is 12.1 Å². The van der Waals surface area contributed by atoms with Crippen LogP contribution >= 0.6 is 11.6 Å². The number of halogens is 1. The van der Waals surface area contributed by atoms with E-state index < -0.39 is 11.5 Å². The fourth-order valence-electron chi connectivity index (χ4n) is 1.89. The second kappa shape index (κ2) is 5.37. The molecule has 112 valence electrons. The maximum atomic E-state index is 11.1. The predicted molar refractivity (Wildman–Crippen MR) is 80.0 cm³/mol. The summed E-state index contributed by atoms with van der Waals surface area (Å²) < 4.78 is 10.1. The lowest BCUT2D eigenvalue weighted by Gasteiger charge is -2.22. The molecule has 0 atom stereocenters. The Balaban J connectivity index is 2.80. The van der Waals surface area contributed by atoms with E-state index in [0.717, 1.165) is 0 Å². The molecule has 0 aliphatic rings. The van der Waals surface area contributed by atoms with Gasteiger partial charge in [0.2, 0.25) is 5.88 Å². The predicted octanol–water partition coefficient (Wildman–Crippen LogP) is 3.05. The molecule has 0 saturated heterocycles. The van der Waals surface area contributed by atoms with Gasteiger partial charge in [0.15, 0.2) is 11.4 Å². The summed E-state index contributed by atoms with van der Waals surface area (Å²) in [5.41, 5.74) is 5.62. The second-order valence-corrected chi connectivity index (χ2v) is 5.88. The van der Waals surface area contributed by atoms with E-state index in [1.807, 2.05) is 20.8 Å². The number of amides is 1. The van der Waals surface area contributed by atoms with Gasteiger partial charge < -0.3 is 15.2 Å². The van der Waals surface area contributed by atoms with Crippen LogP contribution in [0.3, 0.4) is 0 Å². The molecule has 2 aromatic heterocycles. The highest BCUT2D eigenvalue weighted by atomic mass is 35.5. The van der Waals surface area contributed by atoms with Crippen LogP contribution in [0.4, 0.5) is 4.79 Å². The third-order valence-corrected chi connectivity index (χ3v) is 3.22. The largest absolute Gasteiger partial charge is 0.481 e. The van der Waals surface area contributed by atoms with E-state index in [4.69, 9.17) is 26.8 Å². The van der Waals surface area contributed by atoms with E-state index in [1.165, 1.54) is 7.11 Å². The van der Waals surface area contributed by atoms with E-state index in [2.05, 4.69) is 9.97 Å². The zero-order chi connectivity index (χ0) is 15.8. The Morgan fingerprint density at radius 2 is 1.95 bits per heavy atom. The molecule has 0 unspecified atom stereocenters. The maximum absolute atomic E-state index is 11.1. The number of hydrogen-bond donors (Lipinski definition) is 1. The van der Waals surface area contributed by atoms with Crippen LogP contribution in [0, 0.1) is 0 Å². The molecule has 0 aromatic carbocycles. The molecule has 7 heteroatoms. The van der Waals surface area contributed by atoms with E-state index >= 15 is 0 Å². The van der Waals surface area contributed by atoms with Gasteiger partial charge in [-0.25, -0.2) is 9.78 Å². The smallest absolute Gasteiger partial charge is 0.410 e. The first-order valence-electron chi connectivity index (χ1n) is 6.26. The number of fused-ring (bicyclic) bond motifs is 1. The molecule has 0 saturated carbocycles. The summed E-state index contributed by atoms with van der Waals surface area (Å²) in [6, 6.07) is 3.36. The minimum atomic E-state index is -0.940. The summed E-state index contributed by atoms with van der Waals surface area (Å²) in [4.78, 5) is 19.8. The van der Waals surface area contributed by atoms with Crippen LogP contribution in [0.25, 0.3) is 11.0 Å². The lowest BCUT2D eigenvalue weighted by atomic mass is 9.90. The van der Waals surface area contributed by atoms with Gasteiger partial charge in [-0.05, 0) is 6.07 Å². The van der Waals surface area contributed by atoms with Gasteiger partial charge in [0.05, 0.1) is 17.8 Å². The molecule has 0 radical (unpaired) electrons. The number of methoxy groups -OCH3 is 1. The Labute approximate surface area is 127 Å². The monoisotopic (exact) mass is 309 g/mol. The summed E-state index contributed by atoms with van der Waals surface area (Å²) in [5, 5.41) is 0.806. The minimum absolute atomic E-state index is 0.163. The molecule has 1 amide bonds. The van der Waals surface area contributed by atoms with Crippen molar-refractivity contribution in [2.45, 2.75) is 26.2 Å². The van der Waals surface area contributed by atoms with Crippen molar-refractivity contribution in [2.75, 3.05) is 7.11 Å². The molecule has 0 spiro atoms. The third-order valence-electron chi connectivity index (χ3n) is 2.84. The van der Waals surface area contributed by atoms with Crippen LogP contribution < -0.4 is 15.2 Å². The van der Waals surface area contributed by atoms with Crippen LogP contribution in [-0.2, 0) is 5.41 Å². The number of carbonyl (C=O) groups excluding carboxylic acids is 1. The molecule has 0 aliphatic carbocycles. The molecule has 6 nitrogen and oxygen atoms in total. The average Bonchev–Trinajstić information content (AvgIpc) is 2.39. The van der Waals surface area contributed by atoms with Gasteiger partial charge in [0.1, 0.15) is 0 Å². The van der Waals surface area contributed by atoms with E-state index in [0.29, 0.717) is 22.6 Å². The lowest BCUT2D eigenvalue weighted by Crippen LogP contribution is -2.22. The summed E-state index contributed by atoms with van der Waals surface area (Å²) >= 11 is 6.34. The van der Waals surface area contributed by atoms with Crippen LogP contribution in [0.5, 0.6) is 11.6 Å². The molecule has 2 N–H and O–H groups in total. The molecule has 0 aliphatic heterocycles. The lowest BCUT2D eigenvalue weighted by molar-refractivity contribution is 0.209. The van der Waals surface area contributed by atoms with Crippen molar-refractivity contribution in [2.24, 2.45) is 5.73 Å². The number of ether oxygens (including phenoxy) is 2. The van der Waals surface area contributed by atoms with Gasteiger partial charge >= 0.3 is 6.09 Å². The second-order valence-electron chi connectivity index (χ2n) is 5.50. The van der Waals surface area contributed by atoms with Gasteiger partial charge in [-0.2, -0.15) is 4.98 Å². The normalized spacial score (nSPS) is 11.5. The standard InChI is InChI=1S/C14H16ClN3O3/c1-14(2,3)11-10(21-13(16)19)9(15)7-5-6-8(20-4)17-12(7)18-11/h5-6H,1-4H3,(H2,16,19). The van der Waals surface area contributed by atoms with Crippen molar-refractivity contribution in [3.63, 3.8) is 0 Å². The topological polar surface area (TPSA) is 87.3 Å².